The van der Waals surface area contributed by atoms with Crippen molar-refractivity contribution in [2.24, 2.45) is 0 Å². The Morgan fingerprint density at radius 3 is 2.48 bits per heavy atom. The molecule has 0 spiro atoms. The van der Waals surface area contributed by atoms with Gasteiger partial charge in [0.1, 0.15) is 17.5 Å². The Morgan fingerprint density at radius 1 is 1.14 bits per heavy atom. The van der Waals surface area contributed by atoms with Gasteiger partial charge in [-0.1, -0.05) is 24.3 Å². The van der Waals surface area contributed by atoms with E-state index in [1.54, 1.807) is 17.0 Å². The van der Waals surface area contributed by atoms with Crippen LogP contribution in [0.25, 0.3) is 0 Å². The highest BCUT2D eigenvalue weighted by atomic mass is 19.1. The summed E-state index contributed by atoms with van der Waals surface area (Å²) < 4.78 is 13.1. The fourth-order valence-corrected chi connectivity index (χ4v) is 3.40. The van der Waals surface area contributed by atoms with Crippen LogP contribution in [0.5, 0.6) is 0 Å². The Morgan fingerprint density at radius 2 is 1.83 bits per heavy atom. The molecule has 150 valence electrons. The molecule has 0 radical (unpaired) electrons. The van der Waals surface area contributed by atoms with E-state index in [-0.39, 0.29) is 17.3 Å². The van der Waals surface area contributed by atoms with Gasteiger partial charge >= 0.3 is 0 Å². The van der Waals surface area contributed by atoms with Crippen LogP contribution in [0.3, 0.4) is 0 Å². The summed E-state index contributed by atoms with van der Waals surface area (Å²) in [6.45, 7) is 5.08. The van der Waals surface area contributed by atoms with Crippen molar-refractivity contribution in [2.45, 2.75) is 13.3 Å². The van der Waals surface area contributed by atoms with E-state index in [1.165, 1.54) is 29.5 Å². The van der Waals surface area contributed by atoms with Gasteiger partial charge in [-0.3, -0.25) is 4.79 Å². The fraction of sp³-hybridized carbons (Fsp3) is 0.304. The highest BCUT2D eigenvalue weighted by Gasteiger charge is 2.23. The number of anilines is 1. The van der Waals surface area contributed by atoms with Gasteiger partial charge in [0, 0.05) is 44.6 Å². The molecule has 1 aliphatic heterocycles. The molecule has 1 aliphatic rings. The number of hydrogen-bond acceptors (Lipinski definition) is 4. The molecule has 2 aromatic rings. The second-order valence-corrected chi connectivity index (χ2v) is 7.06. The predicted molar refractivity (Wildman–Crippen MR) is 112 cm³/mol. The molecule has 0 saturated carbocycles. The van der Waals surface area contributed by atoms with Crippen LogP contribution in [0.2, 0.25) is 0 Å². The van der Waals surface area contributed by atoms with Gasteiger partial charge in [0.15, 0.2) is 0 Å². The number of carbonyl (C=O) groups excluding carboxylic acids is 1. The van der Waals surface area contributed by atoms with Crippen LogP contribution in [0.1, 0.15) is 11.1 Å². The van der Waals surface area contributed by atoms with E-state index < -0.39 is 0 Å². The number of nitrogens with zero attached hydrogens (tertiary/aromatic N) is 3. The van der Waals surface area contributed by atoms with Crippen molar-refractivity contribution in [3.05, 3.63) is 77.2 Å². The third-order valence-electron chi connectivity index (χ3n) is 5.16. The average Bonchev–Trinajstić information content (AvgIpc) is 2.75. The molecular weight excluding hydrogens is 367 g/mol. The van der Waals surface area contributed by atoms with Gasteiger partial charge in [-0.05, 0) is 48.7 Å². The predicted octanol–water partition coefficient (Wildman–Crippen LogP) is 3.02. The first kappa shape index (κ1) is 20.4. The van der Waals surface area contributed by atoms with Gasteiger partial charge in [0.25, 0.3) is 5.91 Å². The molecule has 1 amide bonds. The maximum Gasteiger partial charge on any atom is 0.266 e. The zero-order valence-corrected chi connectivity index (χ0v) is 16.6. The van der Waals surface area contributed by atoms with Crippen molar-refractivity contribution in [1.29, 1.82) is 5.26 Å². The van der Waals surface area contributed by atoms with Crippen molar-refractivity contribution in [3.63, 3.8) is 0 Å². The number of hydrogen-bond donors (Lipinski definition) is 1. The van der Waals surface area contributed by atoms with Crippen molar-refractivity contribution < 1.29 is 9.18 Å². The largest absolute Gasteiger partial charge is 0.389 e. The van der Waals surface area contributed by atoms with Gasteiger partial charge in [0.2, 0.25) is 0 Å². The van der Waals surface area contributed by atoms with Gasteiger partial charge in [-0.2, -0.15) is 5.26 Å². The van der Waals surface area contributed by atoms with E-state index in [4.69, 9.17) is 0 Å². The first-order valence-electron chi connectivity index (χ1n) is 9.76. The Bertz CT molecular complexity index is 909. The molecule has 3 rings (SSSR count). The molecule has 0 bridgehead atoms. The summed E-state index contributed by atoms with van der Waals surface area (Å²) in [5.41, 5.74) is 3.53. The Labute approximate surface area is 171 Å². The van der Waals surface area contributed by atoms with Gasteiger partial charge in [-0.15, -0.1) is 0 Å². The van der Waals surface area contributed by atoms with E-state index in [0.717, 1.165) is 12.1 Å². The lowest BCUT2D eigenvalue weighted by Gasteiger charge is -2.36. The fourth-order valence-electron chi connectivity index (χ4n) is 3.40. The zero-order chi connectivity index (χ0) is 20.6. The minimum Gasteiger partial charge on any atom is -0.389 e. The van der Waals surface area contributed by atoms with Crippen LogP contribution in [-0.4, -0.2) is 43.5 Å². The minimum atomic E-state index is -0.263. The van der Waals surface area contributed by atoms with Gasteiger partial charge in [-0.25, -0.2) is 4.39 Å². The van der Waals surface area contributed by atoms with Crippen LogP contribution in [0.4, 0.5) is 10.1 Å². The summed E-state index contributed by atoms with van der Waals surface area (Å²) in [5.74, 6) is -0.518. The summed E-state index contributed by atoms with van der Waals surface area (Å²) in [7, 11) is 0. The molecule has 0 unspecified atom stereocenters. The Balaban J connectivity index is 1.50. The number of nitriles is 1. The first-order chi connectivity index (χ1) is 14.1. The number of amides is 1. The average molecular weight is 392 g/mol. The molecule has 0 aliphatic carbocycles. The lowest BCUT2D eigenvalue weighted by Crippen LogP contribution is -2.49. The Hall–Kier alpha value is -3.33. The maximum atomic E-state index is 13.1. The zero-order valence-electron chi connectivity index (χ0n) is 16.6. The summed E-state index contributed by atoms with van der Waals surface area (Å²) >= 11 is 0. The minimum absolute atomic E-state index is 0.116. The lowest BCUT2D eigenvalue weighted by atomic mass is 10.1. The highest BCUT2D eigenvalue weighted by Crippen LogP contribution is 2.17. The first-order valence-corrected chi connectivity index (χ1v) is 9.76. The molecule has 1 heterocycles. The number of rotatable bonds is 6. The summed E-state index contributed by atoms with van der Waals surface area (Å²) in [6, 6.07) is 16.5. The molecule has 1 saturated heterocycles. The van der Waals surface area contributed by atoms with E-state index in [2.05, 4.69) is 29.3 Å². The Kier molecular flexibility index (Phi) is 6.85. The maximum absolute atomic E-state index is 13.1. The molecule has 0 atom stereocenters. The van der Waals surface area contributed by atoms with Crippen LogP contribution >= 0.6 is 0 Å². The lowest BCUT2D eigenvalue weighted by molar-refractivity contribution is -0.127. The summed E-state index contributed by atoms with van der Waals surface area (Å²) in [4.78, 5) is 16.5. The molecule has 2 aromatic carbocycles. The van der Waals surface area contributed by atoms with E-state index in [1.807, 2.05) is 18.2 Å². The number of nitrogens with one attached hydrogen (secondary N) is 1. The van der Waals surface area contributed by atoms with Crippen LogP contribution in [0, 0.1) is 24.1 Å². The number of halogens is 1. The smallest absolute Gasteiger partial charge is 0.266 e. The molecule has 1 fully saturated rings. The summed E-state index contributed by atoms with van der Waals surface area (Å²) in [6.07, 6.45) is 2.35. The van der Waals surface area contributed by atoms with E-state index >= 15 is 0 Å². The standard InChI is InChI=1S/C23H25FN4O/c1-18-4-2-3-5-19(18)10-11-26-17-20(16-25)23(29)28-14-12-27(13-15-28)22-8-6-21(24)7-9-22/h2-9,17,26H,10-15H2,1H3/b20-17-. The molecule has 29 heavy (non-hydrogen) atoms. The van der Waals surface area contributed by atoms with Crippen molar-refractivity contribution in [2.75, 3.05) is 37.6 Å². The van der Waals surface area contributed by atoms with Crippen molar-refractivity contribution >= 4 is 11.6 Å². The topological polar surface area (TPSA) is 59.4 Å². The van der Waals surface area contributed by atoms with Gasteiger partial charge < -0.3 is 15.1 Å². The molecule has 1 N–H and O–H groups in total. The highest BCUT2D eigenvalue weighted by molar-refractivity contribution is 5.97. The second-order valence-electron chi connectivity index (χ2n) is 7.06. The van der Waals surface area contributed by atoms with Crippen LogP contribution in [-0.2, 0) is 11.2 Å². The molecule has 6 heteroatoms. The number of benzene rings is 2. The normalized spacial score (nSPS) is 14.4. The monoisotopic (exact) mass is 392 g/mol. The van der Waals surface area contributed by atoms with Crippen LogP contribution < -0.4 is 10.2 Å². The number of aryl methyl sites for hydroxylation is 1. The molecule has 0 aromatic heterocycles. The third-order valence-corrected chi connectivity index (χ3v) is 5.16. The number of carbonyl (C=O) groups is 1. The second kappa shape index (κ2) is 9.74. The molecule has 5 nitrogen and oxygen atoms in total. The van der Waals surface area contributed by atoms with Crippen LogP contribution in [0.15, 0.2) is 60.3 Å². The van der Waals surface area contributed by atoms with Gasteiger partial charge in [0.05, 0.1) is 0 Å². The van der Waals surface area contributed by atoms with E-state index in [9.17, 15) is 14.4 Å². The quantitative estimate of drug-likeness (QED) is 0.466. The van der Waals surface area contributed by atoms with Crippen molar-refractivity contribution in [1.82, 2.24) is 10.2 Å². The molecular formula is C23H25FN4O. The van der Waals surface area contributed by atoms with E-state index in [0.29, 0.717) is 32.7 Å². The third kappa shape index (κ3) is 5.35. The summed E-state index contributed by atoms with van der Waals surface area (Å²) in [5, 5.41) is 12.5. The SMILES string of the molecule is Cc1ccccc1CCN/C=C(/C#N)C(=O)N1CCN(c2ccc(F)cc2)CC1. The number of piperazine rings is 1. The van der Waals surface area contributed by atoms with Crippen molar-refractivity contribution in [3.8, 4) is 6.07 Å².